The standard InChI is InChI=1S/C30H47F3N2O7/c1-16(4-7-24(39)35(15-25(40)41)11-10-34-27(42)30(31,32)33)19-5-6-20-26-21(14-23(38)29(19,20)3)28(2)9-8-18(36)12-17(28)13-22(26)37/h16-23,26,36-38H,4-15H2,1-3H3,(H,34,42)(H,40,41)/t16?,17-,18+,19+,20-,21-,22+,23-,26-,28-,29+/m0/s1. The first kappa shape index (κ1) is 33.0. The molecule has 11 atom stereocenters. The van der Waals surface area contributed by atoms with Crippen LogP contribution >= 0.6 is 0 Å². The summed E-state index contributed by atoms with van der Waals surface area (Å²) in [6, 6.07) is 0. The molecule has 0 aliphatic heterocycles. The van der Waals surface area contributed by atoms with Crippen LogP contribution in [-0.2, 0) is 14.4 Å². The van der Waals surface area contributed by atoms with E-state index in [1.54, 1.807) is 5.32 Å². The third-order valence-electron chi connectivity index (χ3n) is 11.9. The molecule has 4 aliphatic carbocycles. The summed E-state index contributed by atoms with van der Waals surface area (Å²) in [5.41, 5.74) is -0.487. The second-order valence-corrected chi connectivity index (χ2v) is 14.0. The van der Waals surface area contributed by atoms with Crippen molar-refractivity contribution in [1.82, 2.24) is 10.2 Å². The highest BCUT2D eigenvalue weighted by molar-refractivity contribution is 5.82. The predicted octanol–water partition coefficient (Wildman–Crippen LogP) is 2.96. The third-order valence-corrected chi connectivity index (χ3v) is 11.9. The lowest BCUT2D eigenvalue weighted by atomic mass is 9.43. The molecule has 12 heteroatoms. The number of rotatable bonds is 9. The molecule has 4 aliphatic rings. The molecule has 5 N–H and O–H groups in total. The first-order valence-corrected chi connectivity index (χ1v) is 15.4. The molecule has 0 aromatic rings. The molecule has 4 saturated carbocycles. The van der Waals surface area contributed by atoms with Crippen molar-refractivity contribution in [3.05, 3.63) is 0 Å². The number of carbonyl (C=O) groups is 3. The largest absolute Gasteiger partial charge is 0.480 e. The van der Waals surface area contributed by atoms with Crippen molar-refractivity contribution in [2.24, 2.45) is 46.3 Å². The fourth-order valence-corrected chi connectivity index (χ4v) is 9.70. The second kappa shape index (κ2) is 12.2. The van der Waals surface area contributed by atoms with E-state index in [1.807, 2.05) is 6.92 Å². The lowest BCUT2D eigenvalue weighted by molar-refractivity contribution is -0.207. The van der Waals surface area contributed by atoms with Crippen molar-refractivity contribution in [2.75, 3.05) is 19.6 Å². The number of aliphatic hydroxyl groups is 3. The fourth-order valence-electron chi connectivity index (χ4n) is 9.70. The lowest BCUT2D eigenvalue weighted by Gasteiger charge is -2.63. The van der Waals surface area contributed by atoms with Gasteiger partial charge in [-0.2, -0.15) is 13.2 Å². The van der Waals surface area contributed by atoms with Crippen LogP contribution in [0.1, 0.15) is 78.6 Å². The Hall–Kier alpha value is -1.92. The molecule has 0 heterocycles. The van der Waals surface area contributed by atoms with Crippen molar-refractivity contribution in [1.29, 1.82) is 0 Å². The molecule has 0 aromatic carbocycles. The van der Waals surface area contributed by atoms with Crippen LogP contribution in [-0.4, -0.2) is 87.2 Å². The highest BCUT2D eigenvalue weighted by Gasteiger charge is 2.65. The summed E-state index contributed by atoms with van der Waals surface area (Å²) in [5, 5.41) is 44.3. The molecule has 1 unspecified atom stereocenters. The van der Waals surface area contributed by atoms with Crippen molar-refractivity contribution >= 4 is 17.8 Å². The zero-order chi connectivity index (χ0) is 31.2. The molecule has 240 valence electrons. The van der Waals surface area contributed by atoms with Gasteiger partial charge in [0, 0.05) is 19.5 Å². The fraction of sp³-hybridized carbons (Fsp3) is 0.900. The summed E-state index contributed by atoms with van der Waals surface area (Å²) in [7, 11) is 0. The molecular weight excluding hydrogens is 557 g/mol. The summed E-state index contributed by atoms with van der Waals surface area (Å²) >= 11 is 0. The summed E-state index contributed by atoms with van der Waals surface area (Å²) in [6.07, 6.45) is -0.795. The van der Waals surface area contributed by atoms with Gasteiger partial charge in [-0.15, -0.1) is 0 Å². The number of carboxylic acids is 1. The summed E-state index contributed by atoms with van der Waals surface area (Å²) < 4.78 is 37.4. The van der Waals surface area contributed by atoms with E-state index in [-0.39, 0.29) is 60.0 Å². The van der Waals surface area contributed by atoms with Gasteiger partial charge < -0.3 is 30.6 Å². The Labute approximate surface area is 245 Å². The Bertz CT molecular complexity index is 1030. The molecule has 0 radical (unpaired) electrons. The number of hydrogen-bond acceptors (Lipinski definition) is 6. The van der Waals surface area contributed by atoms with E-state index in [2.05, 4.69) is 13.8 Å². The average Bonchev–Trinajstić information content (AvgIpc) is 3.25. The van der Waals surface area contributed by atoms with Gasteiger partial charge in [0.15, 0.2) is 0 Å². The molecule has 0 bridgehead atoms. The molecule has 9 nitrogen and oxygen atoms in total. The van der Waals surface area contributed by atoms with Crippen LogP contribution in [0.25, 0.3) is 0 Å². The predicted molar refractivity (Wildman–Crippen MR) is 146 cm³/mol. The van der Waals surface area contributed by atoms with E-state index >= 15 is 0 Å². The summed E-state index contributed by atoms with van der Waals surface area (Å²) in [6.45, 7) is 4.84. The Morgan fingerprint density at radius 2 is 1.71 bits per heavy atom. The third kappa shape index (κ3) is 6.18. The maximum atomic E-state index is 12.9. The monoisotopic (exact) mass is 604 g/mol. The van der Waals surface area contributed by atoms with Gasteiger partial charge in [-0.1, -0.05) is 20.8 Å². The van der Waals surface area contributed by atoms with Crippen LogP contribution in [0, 0.1) is 46.3 Å². The average molecular weight is 605 g/mol. The molecule has 0 spiro atoms. The van der Waals surface area contributed by atoms with Gasteiger partial charge in [0.25, 0.3) is 0 Å². The van der Waals surface area contributed by atoms with Crippen LogP contribution < -0.4 is 5.32 Å². The number of hydrogen-bond donors (Lipinski definition) is 5. The number of fused-ring (bicyclic) bond motifs is 5. The molecular formula is C30H47F3N2O7. The number of carbonyl (C=O) groups excluding carboxylic acids is 2. The van der Waals surface area contributed by atoms with Crippen LogP contribution in [0.4, 0.5) is 13.2 Å². The first-order valence-electron chi connectivity index (χ1n) is 15.4. The molecule has 0 saturated heterocycles. The maximum absolute atomic E-state index is 12.9. The Kier molecular flexibility index (Phi) is 9.60. The number of carboxylic acid groups (broad SMARTS) is 1. The maximum Gasteiger partial charge on any atom is 0.471 e. The van der Waals surface area contributed by atoms with E-state index < -0.39 is 54.7 Å². The number of nitrogens with zero attached hydrogens (tertiary/aromatic N) is 1. The SMILES string of the molecule is CC(CCC(=O)N(CCNC(=O)C(F)(F)F)CC(=O)O)[C@H]1CC[C@H]2[C@@H]3[C@H](O)C[C@@H]4C[C@H](O)CC[C@]4(C)[C@H]3C[C@H](O)[C@]12C. The van der Waals surface area contributed by atoms with Gasteiger partial charge in [-0.3, -0.25) is 14.4 Å². The van der Waals surface area contributed by atoms with E-state index in [9.17, 15) is 48.0 Å². The summed E-state index contributed by atoms with van der Waals surface area (Å²) in [4.78, 5) is 36.3. The number of alkyl halides is 3. The molecule has 0 aromatic heterocycles. The zero-order valence-corrected chi connectivity index (χ0v) is 24.8. The van der Waals surface area contributed by atoms with Crippen LogP contribution in [0.2, 0.25) is 0 Å². The molecule has 42 heavy (non-hydrogen) atoms. The van der Waals surface area contributed by atoms with Gasteiger partial charge in [0.1, 0.15) is 6.54 Å². The minimum Gasteiger partial charge on any atom is -0.480 e. The zero-order valence-electron chi connectivity index (χ0n) is 24.8. The number of amides is 2. The molecule has 4 rings (SSSR count). The summed E-state index contributed by atoms with van der Waals surface area (Å²) in [5.74, 6) is -3.31. The number of aliphatic hydroxyl groups excluding tert-OH is 3. The van der Waals surface area contributed by atoms with E-state index in [0.29, 0.717) is 25.7 Å². The van der Waals surface area contributed by atoms with Gasteiger partial charge in [0.05, 0.1) is 18.3 Å². The van der Waals surface area contributed by atoms with Gasteiger partial charge in [0.2, 0.25) is 5.91 Å². The van der Waals surface area contributed by atoms with Crippen molar-refractivity contribution in [3.8, 4) is 0 Å². The highest BCUT2D eigenvalue weighted by atomic mass is 19.4. The quantitative estimate of drug-likeness (QED) is 0.272. The van der Waals surface area contributed by atoms with Gasteiger partial charge >= 0.3 is 18.1 Å². The number of nitrogens with one attached hydrogen (secondary N) is 1. The van der Waals surface area contributed by atoms with E-state index in [0.717, 1.165) is 30.6 Å². The lowest BCUT2D eigenvalue weighted by Crippen LogP contribution is -2.62. The smallest absolute Gasteiger partial charge is 0.471 e. The van der Waals surface area contributed by atoms with Gasteiger partial charge in [-0.05, 0) is 97.7 Å². The Balaban J connectivity index is 1.40. The second-order valence-electron chi connectivity index (χ2n) is 14.0. The normalized spacial score (nSPS) is 40.3. The first-order chi connectivity index (χ1) is 19.5. The van der Waals surface area contributed by atoms with Gasteiger partial charge in [-0.25, -0.2) is 0 Å². The van der Waals surface area contributed by atoms with Crippen molar-refractivity contribution in [2.45, 2.75) is 103 Å². The highest BCUT2D eigenvalue weighted by Crippen LogP contribution is 2.68. The van der Waals surface area contributed by atoms with E-state index in [4.69, 9.17) is 0 Å². The number of halogens is 3. The molecule has 2 amide bonds. The minimum absolute atomic E-state index is 0.000608. The molecule has 4 fully saturated rings. The van der Waals surface area contributed by atoms with Crippen molar-refractivity contribution < 1.29 is 48.0 Å². The minimum atomic E-state index is -5.07. The van der Waals surface area contributed by atoms with E-state index in [1.165, 1.54) is 0 Å². The Morgan fingerprint density at radius 1 is 1.02 bits per heavy atom. The van der Waals surface area contributed by atoms with Crippen LogP contribution in [0.5, 0.6) is 0 Å². The number of aliphatic carboxylic acids is 1. The van der Waals surface area contributed by atoms with Crippen molar-refractivity contribution in [3.63, 3.8) is 0 Å². The topological polar surface area (TPSA) is 147 Å². The van der Waals surface area contributed by atoms with Crippen LogP contribution in [0.15, 0.2) is 0 Å². The Morgan fingerprint density at radius 3 is 2.36 bits per heavy atom. The van der Waals surface area contributed by atoms with Crippen LogP contribution in [0.3, 0.4) is 0 Å².